The standard InChI is InChI=1S/C12H10F3N3O/c13-9-4-5-11(16-7-9)8-17-10-2-1-3-12(6-10)19-18(14)15/h1-7,17H,8H2. The summed E-state index contributed by atoms with van der Waals surface area (Å²) in [6.07, 6.45) is 1.11. The third kappa shape index (κ3) is 4.14. The van der Waals surface area contributed by atoms with Crippen molar-refractivity contribution >= 4 is 5.69 Å². The van der Waals surface area contributed by atoms with Gasteiger partial charge >= 0.3 is 0 Å². The van der Waals surface area contributed by atoms with Gasteiger partial charge < -0.3 is 10.2 Å². The highest BCUT2D eigenvalue weighted by Crippen LogP contribution is 2.19. The van der Waals surface area contributed by atoms with Crippen LogP contribution in [-0.4, -0.2) is 10.5 Å². The Balaban J connectivity index is 1.97. The Morgan fingerprint density at radius 3 is 2.74 bits per heavy atom. The lowest BCUT2D eigenvalue weighted by Gasteiger charge is -2.08. The van der Waals surface area contributed by atoms with Crippen LogP contribution < -0.4 is 10.2 Å². The van der Waals surface area contributed by atoms with Crippen molar-refractivity contribution in [3.63, 3.8) is 0 Å². The molecule has 0 aliphatic carbocycles. The molecule has 19 heavy (non-hydrogen) atoms. The monoisotopic (exact) mass is 269 g/mol. The lowest BCUT2D eigenvalue weighted by molar-refractivity contribution is -0.337. The van der Waals surface area contributed by atoms with Crippen LogP contribution in [0, 0.1) is 5.82 Å². The van der Waals surface area contributed by atoms with Gasteiger partial charge in [-0.25, -0.2) is 4.39 Å². The van der Waals surface area contributed by atoms with Crippen molar-refractivity contribution in [3.05, 3.63) is 54.1 Å². The van der Waals surface area contributed by atoms with Crippen molar-refractivity contribution in [1.29, 1.82) is 0 Å². The van der Waals surface area contributed by atoms with E-state index in [9.17, 15) is 13.4 Å². The SMILES string of the molecule is Fc1ccc(CNc2cccc(ON(F)F)c2)nc1. The first-order valence-electron chi connectivity index (χ1n) is 5.37. The highest BCUT2D eigenvalue weighted by Gasteiger charge is 2.03. The molecule has 0 bridgehead atoms. The van der Waals surface area contributed by atoms with Gasteiger partial charge in [0.15, 0.2) is 5.75 Å². The van der Waals surface area contributed by atoms with Crippen LogP contribution in [0.5, 0.6) is 5.75 Å². The van der Waals surface area contributed by atoms with Crippen LogP contribution in [0.15, 0.2) is 42.6 Å². The van der Waals surface area contributed by atoms with Crippen molar-refractivity contribution in [2.24, 2.45) is 0 Å². The Kier molecular flexibility index (Phi) is 4.19. The highest BCUT2D eigenvalue weighted by atomic mass is 19.4. The summed E-state index contributed by atoms with van der Waals surface area (Å²) in [6, 6.07) is 8.90. The Morgan fingerprint density at radius 1 is 1.21 bits per heavy atom. The van der Waals surface area contributed by atoms with E-state index in [1.54, 1.807) is 12.1 Å². The second-order valence-corrected chi connectivity index (χ2v) is 3.64. The number of aromatic nitrogens is 1. The van der Waals surface area contributed by atoms with Gasteiger partial charge in [0, 0.05) is 11.8 Å². The second kappa shape index (κ2) is 6.05. The van der Waals surface area contributed by atoms with Crippen molar-refractivity contribution in [2.45, 2.75) is 6.54 Å². The molecule has 2 rings (SSSR count). The average molecular weight is 269 g/mol. The molecular weight excluding hydrogens is 259 g/mol. The van der Waals surface area contributed by atoms with Crippen molar-refractivity contribution < 1.29 is 18.2 Å². The molecule has 0 radical (unpaired) electrons. The Morgan fingerprint density at radius 2 is 2.05 bits per heavy atom. The van der Waals surface area contributed by atoms with Gasteiger partial charge in [0.2, 0.25) is 5.51 Å². The highest BCUT2D eigenvalue weighted by molar-refractivity contribution is 5.48. The molecule has 100 valence electrons. The van der Waals surface area contributed by atoms with E-state index in [-0.39, 0.29) is 5.75 Å². The van der Waals surface area contributed by atoms with E-state index in [4.69, 9.17) is 0 Å². The van der Waals surface area contributed by atoms with Gasteiger partial charge in [-0.05, 0) is 24.3 Å². The fourth-order valence-electron chi connectivity index (χ4n) is 1.45. The van der Waals surface area contributed by atoms with E-state index < -0.39 is 11.3 Å². The number of nitrogens with one attached hydrogen (secondary N) is 1. The minimum atomic E-state index is -1.37. The molecule has 0 spiro atoms. The maximum atomic E-state index is 12.6. The number of pyridine rings is 1. The predicted molar refractivity (Wildman–Crippen MR) is 62.6 cm³/mol. The summed E-state index contributed by atoms with van der Waals surface area (Å²) in [7, 11) is 0. The predicted octanol–water partition coefficient (Wildman–Crippen LogP) is 3.20. The first-order chi connectivity index (χ1) is 9.13. The number of anilines is 1. The molecule has 2 aromatic rings. The van der Waals surface area contributed by atoms with Crippen LogP contribution in [0.3, 0.4) is 0 Å². The first-order valence-corrected chi connectivity index (χ1v) is 5.37. The average Bonchev–Trinajstić information content (AvgIpc) is 2.38. The van der Waals surface area contributed by atoms with Crippen LogP contribution in [0.25, 0.3) is 0 Å². The van der Waals surface area contributed by atoms with Gasteiger partial charge in [-0.15, -0.1) is 0 Å². The molecule has 1 N–H and O–H groups in total. The molecule has 0 saturated carbocycles. The summed E-state index contributed by atoms with van der Waals surface area (Å²) in [4.78, 5) is 7.98. The van der Waals surface area contributed by atoms with Gasteiger partial charge in [0.1, 0.15) is 5.82 Å². The van der Waals surface area contributed by atoms with Crippen LogP contribution in [0.2, 0.25) is 0 Å². The number of benzene rings is 1. The molecule has 1 aromatic heterocycles. The van der Waals surface area contributed by atoms with Gasteiger partial charge in [-0.1, -0.05) is 15.0 Å². The lowest BCUT2D eigenvalue weighted by Crippen LogP contribution is -2.06. The molecule has 0 atom stereocenters. The maximum Gasteiger partial charge on any atom is 0.210 e. The summed E-state index contributed by atoms with van der Waals surface area (Å²) < 4.78 is 36.4. The number of nitrogens with zero attached hydrogens (tertiary/aromatic N) is 2. The number of hydrogen-bond acceptors (Lipinski definition) is 4. The van der Waals surface area contributed by atoms with Crippen LogP contribution >= 0.6 is 0 Å². The fourth-order valence-corrected chi connectivity index (χ4v) is 1.45. The minimum absolute atomic E-state index is 0.00191. The van der Waals surface area contributed by atoms with Crippen LogP contribution in [0.1, 0.15) is 5.69 Å². The Bertz CT molecular complexity index is 534. The minimum Gasteiger partial charge on any atom is -0.379 e. The van der Waals surface area contributed by atoms with Gasteiger partial charge in [-0.3, -0.25) is 4.98 Å². The molecule has 1 aromatic carbocycles. The number of hydrogen-bond donors (Lipinski definition) is 1. The third-order valence-electron chi connectivity index (χ3n) is 2.27. The molecule has 0 fully saturated rings. The van der Waals surface area contributed by atoms with Gasteiger partial charge in [0.05, 0.1) is 18.4 Å². The zero-order valence-electron chi connectivity index (χ0n) is 9.69. The fraction of sp³-hybridized carbons (Fsp3) is 0.0833. The third-order valence-corrected chi connectivity index (χ3v) is 2.27. The Hall–Kier alpha value is -2.28. The Labute approximate surface area is 107 Å². The van der Waals surface area contributed by atoms with Crippen LogP contribution in [-0.2, 0) is 6.54 Å². The zero-order chi connectivity index (χ0) is 13.7. The largest absolute Gasteiger partial charge is 0.379 e. The van der Waals surface area contributed by atoms with E-state index in [1.807, 2.05) is 0 Å². The normalized spacial score (nSPS) is 10.5. The van der Waals surface area contributed by atoms with E-state index in [0.29, 0.717) is 17.9 Å². The topological polar surface area (TPSA) is 37.4 Å². The lowest BCUT2D eigenvalue weighted by atomic mass is 10.3. The molecule has 4 nitrogen and oxygen atoms in total. The molecule has 1 heterocycles. The molecule has 0 aliphatic heterocycles. The van der Waals surface area contributed by atoms with Crippen molar-refractivity contribution in [2.75, 3.05) is 5.32 Å². The smallest absolute Gasteiger partial charge is 0.210 e. The molecule has 0 saturated heterocycles. The zero-order valence-corrected chi connectivity index (χ0v) is 9.69. The maximum absolute atomic E-state index is 12.6. The van der Waals surface area contributed by atoms with Crippen molar-refractivity contribution in [3.8, 4) is 5.75 Å². The van der Waals surface area contributed by atoms with E-state index in [0.717, 1.165) is 6.20 Å². The quantitative estimate of drug-likeness (QED) is 0.668. The van der Waals surface area contributed by atoms with E-state index in [1.165, 1.54) is 24.3 Å². The van der Waals surface area contributed by atoms with Gasteiger partial charge in [0.25, 0.3) is 0 Å². The number of halogens is 3. The summed E-state index contributed by atoms with van der Waals surface area (Å²) in [5.41, 5.74) is -0.156. The molecule has 0 unspecified atom stereocenters. The van der Waals surface area contributed by atoms with E-state index >= 15 is 0 Å². The summed E-state index contributed by atoms with van der Waals surface area (Å²) in [5.74, 6) is -0.410. The van der Waals surface area contributed by atoms with Crippen molar-refractivity contribution in [1.82, 2.24) is 10.5 Å². The summed E-state index contributed by atoms with van der Waals surface area (Å²) in [6.45, 7) is 0.346. The van der Waals surface area contributed by atoms with Crippen LogP contribution in [0.4, 0.5) is 19.0 Å². The molecule has 0 amide bonds. The van der Waals surface area contributed by atoms with Gasteiger partial charge in [-0.2, -0.15) is 0 Å². The molecule has 7 heteroatoms. The molecular formula is C12H10F3N3O. The summed E-state index contributed by atoms with van der Waals surface area (Å²) in [5, 5.41) is 2.97. The first kappa shape index (κ1) is 13.2. The van der Waals surface area contributed by atoms with E-state index in [2.05, 4.69) is 15.1 Å². The molecule has 0 aliphatic rings. The second-order valence-electron chi connectivity index (χ2n) is 3.64. The number of rotatable bonds is 5. The summed E-state index contributed by atoms with van der Waals surface area (Å²) >= 11 is 0.